The fourth-order valence-corrected chi connectivity index (χ4v) is 1.58. The maximum atomic E-state index is 12.1. The van der Waals surface area contributed by atoms with Crippen molar-refractivity contribution in [3.8, 4) is 6.07 Å². The normalized spacial score (nSPS) is 11.6. The van der Waals surface area contributed by atoms with E-state index in [1.165, 1.54) is 4.90 Å². The number of amides is 1. The maximum Gasteiger partial charge on any atom is 0.255 e. The molecule has 0 saturated carbocycles. The lowest BCUT2D eigenvalue weighted by Gasteiger charge is -2.23. The molecule has 90 valence electrons. The summed E-state index contributed by atoms with van der Waals surface area (Å²) >= 11 is 5.98. The molecule has 1 atom stereocenters. The fraction of sp³-hybridized carbons (Fsp3) is 0.333. The SMILES string of the molecule is CC(CC#N)N(C)C(=O)c1cccc(N)c1Cl. The van der Waals surface area contributed by atoms with Crippen LogP contribution in [0.15, 0.2) is 18.2 Å². The first-order chi connectivity index (χ1) is 7.99. The second-order valence-electron chi connectivity index (χ2n) is 3.84. The van der Waals surface area contributed by atoms with Crippen LogP contribution < -0.4 is 5.73 Å². The van der Waals surface area contributed by atoms with Crippen molar-refractivity contribution in [1.82, 2.24) is 4.90 Å². The van der Waals surface area contributed by atoms with Crippen molar-refractivity contribution in [2.75, 3.05) is 12.8 Å². The monoisotopic (exact) mass is 251 g/mol. The predicted octanol–water partition coefficient (Wildman–Crippen LogP) is 2.30. The highest BCUT2D eigenvalue weighted by Gasteiger charge is 2.20. The van der Waals surface area contributed by atoms with Crippen LogP contribution in [0.3, 0.4) is 0 Å². The van der Waals surface area contributed by atoms with Gasteiger partial charge in [-0.15, -0.1) is 0 Å². The Morgan fingerprint density at radius 3 is 2.88 bits per heavy atom. The van der Waals surface area contributed by atoms with E-state index in [9.17, 15) is 4.79 Å². The summed E-state index contributed by atoms with van der Waals surface area (Å²) < 4.78 is 0. The van der Waals surface area contributed by atoms with E-state index in [2.05, 4.69) is 0 Å². The number of nitriles is 1. The molecule has 1 aromatic carbocycles. The lowest BCUT2D eigenvalue weighted by molar-refractivity contribution is 0.0746. The van der Waals surface area contributed by atoms with E-state index in [1.807, 2.05) is 6.07 Å². The Labute approximate surface area is 106 Å². The van der Waals surface area contributed by atoms with E-state index in [-0.39, 0.29) is 23.4 Å². The van der Waals surface area contributed by atoms with E-state index in [0.717, 1.165) is 0 Å². The number of hydrogen-bond donors (Lipinski definition) is 1. The topological polar surface area (TPSA) is 70.1 Å². The summed E-state index contributed by atoms with van der Waals surface area (Å²) in [6.45, 7) is 1.81. The summed E-state index contributed by atoms with van der Waals surface area (Å²) in [4.78, 5) is 13.6. The van der Waals surface area contributed by atoms with Crippen LogP contribution in [0.4, 0.5) is 5.69 Å². The van der Waals surface area contributed by atoms with Gasteiger partial charge in [-0.05, 0) is 19.1 Å². The van der Waals surface area contributed by atoms with Gasteiger partial charge in [-0.2, -0.15) is 5.26 Å². The third-order valence-electron chi connectivity index (χ3n) is 2.63. The van der Waals surface area contributed by atoms with Crippen molar-refractivity contribution in [1.29, 1.82) is 5.26 Å². The zero-order chi connectivity index (χ0) is 13.0. The van der Waals surface area contributed by atoms with Crippen LogP contribution in [0.2, 0.25) is 5.02 Å². The number of anilines is 1. The number of nitrogens with two attached hydrogens (primary N) is 1. The van der Waals surface area contributed by atoms with E-state index in [0.29, 0.717) is 11.3 Å². The Kier molecular flexibility index (Phi) is 4.36. The molecule has 0 radical (unpaired) electrons. The van der Waals surface area contributed by atoms with Crippen LogP contribution in [-0.4, -0.2) is 23.9 Å². The number of benzene rings is 1. The first kappa shape index (κ1) is 13.3. The quantitative estimate of drug-likeness (QED) is 0.838. The molecule has 0 bridgehead atoms. The zero-order valence-corrected chi connectivity index (χ0v) is 10.5. The maximum absolute atomic E-state index is 12.1. The molecule has 17 heavy (non-hydrogen) atoms. The number of nitrogens with zero attached hydrogens (tertiary/aromatic N) is 2. The standard InChI is InChI=1S/C12H14ClN3O/c1-8(6-7-14)16(2)12(17)9-4-3-5-10(15)11(9)13/h3-5,8H,6,15H2,1-2H3. The summed E-state index contributed by atoms with van der Waals surface area (Å²) in [5.74, 6) is -0.231. The van der Waals surface area contributed by atoms with E-state index >= 15 is 0 Å². The van der Waals surface area contributed by atoms with Crippen LogP contribution in [0.1, 0.15) is 23.7 Å². The molecule has 5 heteroatoms. The third-order valence-corrected chi connectivity index (χ3v) is 3.05. The van der Waals surface area contributed by atoms with Crippen molar-refractivity contribution >= 4 is 23.2 Å². The van der Waals surface area contributed by atoms with Crippen LogP contribution >= 0.6 is 11.6 Å². The second kappa shape index (κ2) is 5.55. The van der Waals surface area contributed by atoms with Gasteiger partial charge in [0.15, 0.2) is 0 Å². The number of carbonyl (C=O) groups excluding carboxylic acids is 1. The van der Waals surface area contributed by atoms with Crippen molar-refractivity contribution in [3.63, 3.8) is 0 Å². The molecule has 2 N–H and O–H groups in total. The van der Waals surface area contributed by atoms with E-state index < -0.39 is 0 Å². The minimum Gasteiger partial charge on any atom is -0.398 e. The smallest absolute Gasteiger partial charge is 0.255 e. The Bertz CT molecular complexity index is 467. The number of rotatable bonds is 3. The van der Waals surface area contributed by atoms with Gasteiger partial charge in [-0.1, -0.05) is 17.7 Å². The fourth-order valence-electron chi connectivity index (χ4n) is 1.37. The Balaban J connectivity index is 2.97. The minimum atomic E-state index is -0.231. The Morgan fingerprint density at radius 1 is 1.65 bits per heavy atom. The Morgan fingerprint density at radius 2 is 2.29 bits per heavy atom. The van der Waals surface area contributed by atoms with Gasteiger partial charge < -0.3 is 10.6 Å². The van der Waals surface area contributed by atoms with Gasteiger partial charge in [-0.3, -0.25) is 4.79 Å². The molecule has 0 aliphatic heterocycles. The molecule has 0 saturated heterocycles. The highest BCUT2D eigenvalue weighted by molar-refractivity contribution is 6.36. The molecule has 1 unspecified atom stereocenters. The van der Waals surface area contributed by atoms with Gasteiger partial charge in [0.25, 0.3) is 5.91 Å². The number of hydrogen-bond acceptors (Lipinski definition) is 3. The second-order valence-corrected chi connectivity index (χ2v) is 4.21. The molecule has 4 nitrogen and oxygen atoms in total. The van der Waals surface area contributed by atoms with Gasteiger partial charge in [-0.25, -0.2) is 0 Å². The van der Waals surface area contributed by atoms with Crippen molar-refractivity contribution in [2.45, 2.75) is 19.4 Å². The van der Waals surface area contributed by atoms with Crippen molar-refractivity contribution in [2.24, 2.45) is 0 Å². The molecule has 0 aliphatic rings. The molecule has 0 fully saturated rings. The zero-order valence-electron chi connectivity index (χ0n) is 9.77. The van der Waals surface area contributed by atoms with E-state index in [4.69, 9.17) is 22.6 Å². The lowest BCUT2D eigenvalue weighted by atomic mass is 10.1. The van der Waals surface area contributed by atoms with Gasteiger partial charge in [0, 0.05) is 13.1 Å². The molecular formula is C12H14ClN3O. The highest BCUT2D eigenvalue weighted by atomic mass is 35.5. The van der Waals surface area contributed by atoms with Gasteiger partial charge in [0.2, 0.25) is 0 Å². The van der Waals surface area contributed by atoms with Crippen molar-refractivity contribution < 1.29 is 4.79 Å². The average Bonchev–Trinajstić information content (AvgIpc) is 2.31. The van der Waals surface area contributed by atoms with Crippen LogP contribution in [0.25, 0.3) is 0 Å². The molecule has 1 amide bonds. The largest absolute Gasteiger partial charge is 0.398 e. The van der Waals surface area contributed by atoms with E-state index in [1.54, 1.807) is 32.2 Å². The number of nitrogen functional groups attached to an aromatic ring is 1. The molecule has 0 aliphatic carbocycles. The number of halogens is 1. The molecule has 0 spiro atoms. The van der Waals surface area contributed by atoms with Gasteiger partial charge >= 0.3 is 0 Å². The lowest BCUT2D eigenvalue weighted by Crippen LogP contribution is -2.35. The van der Waals surface area contributed by atoms with Crippen LogP contribution in [-0.2, 0) is 0 Å². The number of carbonyl (C=O) groups is 1. The van der Waals surface area contributed by atoms with Crippen molar-refractivity contribution in [3.05, 3.63) is 28.8 Å². The first-order valence-electron chi connectivity index (χ1n) is 5.17. The van der Waals surface area contributed by atoms with Gasteiger partial charge in [0.05, 0.1) is 28.8 Å². The molecule has 0 heterocycles. The summed E-state index contributed by atoms with van der Waals surface area (Å²) in [6.07, 6.45) is 0.280. The summed E-state index contributed by atoms with van der Waals surface area (Å²) in [6, 6.07) is 6.80. The minimum absolute atomic E-state index is 0.162. The highest BCUT2D eigenvalue weighted by Crippen LogP contribution is 2.24. The first-order valence-corrected chi connectivity index (χ1v) is 5.55. The van der Waals surface area contributed by atoms with Crippen LogP contribution in [0.5, 0.6) is 0 Å². The average molecular weight is 252 g/mol. The third kappa shape index (κ3) is 2.89. The molecule has 1 rings (SSSR count). The predicted molar refractivity (Wildman–Crippen MR) is 67.6 cm³/mol. The Hall–Kier alpha value is -1.73. The molecule has 0 aromatic heterocycles. The van der Waals surface area contributed by atoms with Gasteiger partial charge in [0.1, 0.15) is 0 Å². The molecular weight excluding hydrogens is 238 g/mol. The summed E-state index contributed by atoms with van der Waals surface area (Å²) in [5, 5.41) is 8.86. The summed E-state index contributed by atoms with van der Waals surface area (Å²) in [5.41, 5.74) is 6.37. The molecule has 1 aromatic rings. The summed E-state index contributed by atoms with van der Waals surface area (Å²) in [7, 11) is 1.64. The van der Waals surface area contributed by atoms with Crippen LogP contribution in [0, 0.1) is 11.3 Å².